The molecular weight excluding hydrogens is 308 g/mol. The van der Waals surface area contributed by atoms with Gasteiger partial charge in [-0.3, -0.25) is 0 Å². The summed E-state index contributed by atoms with van der Waals surface area (Å²) in [5.74, 6) is 0.910. The second-order valence-corrected chi connectivity index (χ2v) is 7.69. The number of anilines is 1. The lowest BCUT2D eigenvalue weighted by Gasteiger charge is -2.13. The average molecular weight is 332 g/mol. The van der Waals surface area contributed by atoms with Crippen molar-refractivity contribution < 1.29 is 8.95 Å². The molecule has 0 amide bonds. The number of ether oxygens (including phenoxy) is 1. The molecule has 0 spiro atoms. The smallest absolute Gasteiger partial charge is 0.124 e. The molecule has 2 rings (SSSR count). The lowest BCUT2D eigenvalue weighted by atomic mass is 10.2. The Morgan fingerprint density at radius 2 is 1.83 bits per heavy atom. The molecule has 23 heavy (non-hydrogen) atoms. The summed E-state index contributed by atoms with van der Waals surface area (Å²) in [7, 11) is -2.65. The van der Waals surface area contributed by atoms with Gasteiger partial charge in [-0.2, -0.15) is 0 Å². The van der Waals surface area contributed by atoms with Crippen molar-refractivity contribution in [2.45, 2.75) is 31.2 Å². The molecule has 0 aliphatic rings. The summed E-state index contributed by atoms with van der Waals surface area (Å²) in [6.07, 6.45) is 3.59. The summed E-state index contributed by atoms with van der Waals surface area (Å²) in [5, 5.41) is 3.34. The second kappa shape index (κ2) is 8.02. The van der Waals surface area contributed by atoms with Gasteiger partial charge in [0.1, 0.15) is 5.75 Å². The van der Waals surface area contributed by atoms with Gasteiger partial charge >= 0.3 is 0 Å². The quantitative estimate of drug-likeness (QED) is 0.699. The number of unbranched alkanes of at least 4 members (excludes halogenated alkanes) is 1. The molecule has 5 heteroatoms. The van der Waals surface area contributed by atoms with Crippen LogP contribution in [0.1, 0.15) is 25.3 Å². The monoisotopic (exact) mass is 332 g/mol. The average Bonchev–Trinajstić information content (AvgIpc) is 2.54. The molecule has 0 aliphatic heterocycles. The van der Waals surface area contributed by atoms with E-state index in [-0.39, 0.29) is 0 Å². The molecule has 2 aromatic rings. The van der Waals surface area contributed by atoms with Crippen LogP contribution in [0.2, 0.25) is 0 Å². The zero-order valence-corrected chi connectivity index (χ0v) is 14.5. The lowest BCUT2D eigenvalue weighted by molar-refractivity contribution is 0.306. The number of hydrogen-bond acceptors (Lipinski definition) is 4. The van der Waals surface area contributed by atoms with Crippen LogP contribution in [0.25, 0.3) is 0 Å². The Kier molecular flexibility index (Phi) is 6.04. The van der Waals surface area contributed by atoms with Gasteiger partial charge < -0.3 is 10.1 Å². The fraction of sp³-hybridized carbons (Fsp3) is 0.333. The van der Waals surface area contributed by atoms with E-state index in [1.807, 2.05) is 36.4 Å². The van der Waals surface area contributed by atoms with E-state index in [4.69, 9.17) is 9.52 Å². The zero-order valence-electron chi connectivity index (χ0n) is 13.7. The van der Waals surface area contributed by atoms with E-state index in [9.17, 15) is 4.21 Å². The molecule has 124 valence electrons. The number of hydrogen-bond donors (Lipinski definition) is 2. The van der Waals surface area contributed by atoms with E-state index in [0.717, 1.165) is 36.4 Å². The zero-order chi connectivity index (χ0) is 16.7. The molecule has 0 saturated heterocycles. The molecule has 4 nitrogen and oxygen atoms in total. The predicted octanol–water partition coefficient (Wildman–Crippen LogP) is 4.51. The topological polar surface area (TPSA) is 62.2 Å². The van der Waals surface area contributed by atoms with Crippen LogP contribution < -0.4 is 10.1 Å². The van der Waals surface area contributed by atoms with Gasteiger partial charge in [0.05, 0.1) is 16.3 Å². The van der Waals surface area contributed by atoms with Crippen molar-refractivity contribution >= 4 is 15.4 Å². The molecule has 0 radical (unpaired) electrons. The molecule has 2 N–H and O–H groups in total. The van der Waals surface area contributed by atoms with Crippen molar-refractivity contribution in [3.8, 4) is 5.75 Å². The van der Waals surface area contributed by atoms with E-state index >= 15 is 0 Å². The van der Waals surface area contributed by atoms with Crippen molar-refractivity contribution in [1.82, 2.24) is 0 Å². The highest BCUT2D eigenvalue weighted by molar-refractivity contribution is 7.91. The Morgan fingerprint density at radius 3 is 2.48 bits per heavy atom. The first-order valence-corrected chi connectivity index (χ1v) is 9.76. The van der Waals surface area contributed by atoms with Crippen LogP contribution in [0.5, 0.6) is 5.75 Å². The van der Waals surface area contributed by atoms with Crippen molar-refractivity contribution in [3.63, 3.8) is 0 Å². The fourth-order valence-electron chi connectivity index (χ4n) is 2.15. The lowest BCUT2D eigenvalue weighted by Crippen LogP contribution is -2.04. The highest BCUT2D eigenvalue weighted by Crippen LogP contribution is 2.21. The van der Waals surface area contributed by atoms with E-state index in [1.165, 1.54) is 6.26 Å². The Balaban J connectivity index is 2.00. The summed E-state index contributed by atoms with van der Waals surface area (Å²) in [6, 6.07) is 15.2. The van der Waals surface area contributed by atoms with Crippen molar-refractivity contribution in [2.24, 2.45) is 0 Å². The van der Waals surface area contributed by atoms with Crippen LogP contribution in [-0.2, 0) is 16.3 Å². The summed E-state index contributed by atoms with van der Waals surface area (Å²) >= 11 is 0. The maximum Gasteiger partial charge on any atom is 0.124 e. The van der Waals surface area contributed by atoms with Gasteiger partial charge in [-0.25, -0.2) is 8.99 Å². The fourth-order valence-corrected chi connectivity index (χ4v) is 2.80. The van der Waals surface area contributed by atoms with Gasteiger partial charge in [0.25, 0.3) is 0 Å². The van der Waals surface area contributed by atoms with Crippen LogP contribution >= 0.6 is 0 Å². The molecule has 0 saturated carbocycles. The minimum atomic E-state index is -2.65. The first-order valence-electron chi connectivity index (χ1n) is 7.79. The molecule has 2 aromatic carbocycles. The number of nitrogens with one attached hydrogen (secondary N) is 2. The van der Waals surface area contributed by atoms with E-state index < -0.39 is 9.73 Å². The maximum atomic E-state index is 11.7. The molecule has 0 heterocycles. The molecule has 0 fully saturated rings. The first-order chi connectivity index (χ1) is 11.0. The normalized spacial score (nSPS) is 13.3. The first kappa shape index (κ1) is 17.3. The van der Waals surface area contributed by atoms with Crippen LogP contribution in [-0.4, -0.2) is 17.1 Å². The van der Waals surface area contributed by atoms with E-state index in [1.54, 1.807) is 12.1 Å². The van der Waals surface area contributed by atoms with Crippen molar-refractivity contribution in [1.29, 1.82) is 4.78 Å². The van der Waals surface area contributed by atoms with Crippen LogP contribution in [0.3, 0.4) is 0 Å². The molecular formula is C18H24N2O2S. The van der Waals surface area contributed by atoms with Crippen LogP contribution in [0.4, 0.5) is 5.69 Å². The van der Waals surface area contributed by atoms with Crippen molar-refractivity contribution in [2.75, 3.05) is 18.2 Å². The Labute approximate surface area is 138 Å². The third-order valence-corrected chi connectivity index (χ3v) is 4.69. The van der Waals surface area contributed by atoms with Gasteiger partial charge in [0.2, 0.25) is 0 Å². The molecule has 0 aliphatic carbocycles. The third kappa shape index (κ3) is 5.28. The van der Waals surface area contributed by atoms with Gasteiger partial charge in [0.15, 0.2) is 0 Å². The SMILES string of the molecule is CCCCOc1ccccc1CNc1ccc(S(C)(=N)=O)cc1. The van der Waals surface area contributed by atoms with Crippen LogP contribution in [0, 0.1) is 4.78 Å². The van der Waals surface area contributed by atoms with Crippen molar-refractivity contribution in [3.05, 3.63) is 54.1 Å². The molecule has 0 bridgehead atoms. The van der Waals surface area contributed by atoms with E-state index in [2.05, 4.69) is 12.2 Å². The minimum absolute atomic E-state index is 0.548. The predicted molar refractivity (Wildman–Crippen MR) is 95.7 cm³/mol. The molecule has 0 aromatic heterocycles. The standard InChI is InChI=1S/C18H24N2O2S/c1-3-4-13-22-18-8-6-5-7-15(18)14-20-16-9-11-17(12-10-16)23(2,19)21/h5-12,19-20H,3-4,13-14H2,1-2H3. The highest BCUT2D eigenvalue weighted by atomic mass is 32.2. The number of para-hydroxylation sites is 1. The maximum absolute atomic E-state index is 11.7. The Morgan fingerprint density at radius 1 is 1.13 bits per heavy atom. The van der Waals surface area contributed by atoms with Gasteiger partial charge in [0, 0.05) is 28.9 Å². The molecule has 1 atom stereocenters. The summed E-state index contributed by atoms with van der Waals surface area (Å²) in [6.45, 7) is 3.53. The Hall–Kier alpha value is -2.01. The van der Waals surface area contributed by atoms with Gasteiger partial charge in [-0.05, 0) is 36.8 Å². The van der Waals surface area contributed by atoms with E-state index in [0.29, 0.717) is 11.4 Å². The second-order valence-electron chi connectivity index (χ2n) is 5.53. The highest BCUT2D eigenvalue weighted by Gasteiger charge is 2.05. The minimum Gasteiger partial charge on any atom is -0.493 e. The Bertz CT molecular complexity index is 725. The van der Waals surface area contributed by atoms with Gasteiger partial charge in [-0.1, -0.05) is 31.5 Å². The largest absolute Gasteiger partial charge is 0.493 e. The molecule has 1 unspecified atom stereocenters. The number of benzene rings is 2. The summed E-state index contributed by atoms with van der Waals surface area (Å²) in [5.41, 5.74) is 2.04. The summed E-state index contributed by atoms with van der Waals surface area (Å²) < 4.78 is 25.1. The van der Waals surface area contributed by atoms with Gasteiger partial charge in [-0.15, -0.1) is 0 Å². The van der Waals surface area contributed by atoms with Crippen LogP contribution in [0.15, 0.2) is 53.4 Å². The number of rotatable bonds is 8. The summed E-state index contributed by atoms with van der Waals surface area (Å²) in [4.78, 5) is 0.548. The third-order valence-electron chi connectivity index (χ3n) is 3.52.